The van der Waals surface area contributed by atoms with Crippen LogP contribution >= 0.6 is 11.6 Å². The summed E-state index contributed by atoms with van der Waals surface area (Å²) in [5.41, 5.74) is 3.52. The van der Waals surface area contributed by atoms with E-state index in [1.807, 2.05) is 36.1 Å². The molecular formula is C30H37ClN4O3. The van der Waals surface area contributed by atoms with Gasteiger partial charge in [0.2, 0.25) is 0 Å². The van der Waals surface area contributed by atoms with Gasteiger partial charge in [-0.3, -0.25) is 14.9 Å². The van der Waals surface area contributed by atoms with Gasteiger partial charge in [0.15, 0.2) is 0 Å². The second kappa shape index (κ2) is 9.74. The number of benzene rings is 2. The van der Waals surface area contributed by atoms with E-state index in [0.29, 0.717) is 42.5 Å². The summed E-state index contributed by atoms with van der Waals surface area (Å²) in [6.07, 6.45) is 7.90. The van der Waals surface area contributed by atoms with Crippen molar-refractivity contribution in [3.05, 3.63) is 62.7 Å². The molecule has 5 fully saturated rings. The van der Waals surface area contributed by atoms with Gasteiger partial charge in [-0.05, 0) is 105 Å². The van der Waals surface area contributed by atoms with E-state index in [2.05, 4.69) is 17.1 Å². The molecule has 1 heterocycles. The van der Waals surface area contributed by atoms with Crippen molar-refractivity contribution in [3.63, 3.8) is 0 Å². The summed E-state index contributed by atoms with van der Waals surface area (Å²) < 4.78 is 0. The number of carbonyl (C=O) groups excluding carboxylic acids is 1. The van der Waals surface area contributed by atoms with Gasteiger partial charge in [0.05, 0.1) is 4.92 Å². The molecule has 0 radical (unpaired) electrons. The molecule has 1 saturated heterocycles. The first-order valence-corrected chi connectivity index (χ1v) is 14.4. The molecule has 1 atom stereocenters. The number of piperazine rings is 1. The molecule has 0 aromatic heterocycles. The zero-order chi connectivity index (χ0) is 26.6. The molecule has 0 spiro atoms. The maximum atomic E-state index is 13.0. The number of hydrogen-bond donors (Lipinski definition) is 1. The van der Waals surface area contributed by atoms with Gasteiger partial charge in [0, 0.05) is 54.6 Å². The third kappa shape index (κ3) is 4.63. The lowest BCUT2D eigenvalue weighted by molar-refractivity contribution is -0.384. The summed E-state index contributed by atoms with van der Waals surface area (Å²) >= 11 is 6.24. The summed E-state index contributed by atoms with van der Waals surface area (Å²) in [4.78, 5) is 28.8. The Balaban J connectivity index is 1.16. The first-order chi connectivity index (χ1) is 18.2. The van der Waals surface area contributed by atoms with Gasteiger partial charge in [-0.15, -0.1) is 0 Å². The van der Waals surface area contributed by atoms with Crippen LogP contribution in [0, 0.1) is 40.2 Å². The molecule has 2 aromatic carbocycles. The van der Waals surface area contributed by atoms with Gasteiger partial charge >= 0.3 is 0 Å². The monoisotopic (exact) mass is 536 g/mol. The molecule has 7 rings (SSSR count). The number of hydrogen-bond acceptors (Lipinski definition) is 5. The topological polar surface area (TPSA) is 78.7 Å². The third-order valence-electron chi connectivity index (χ3n) is 9.90. The standard InChI is InChI=1S/C30H37ClN4O3/c1-19-3-4-24(14-26(19)31)29(36)34-9-7-33(8-10-34)25-5-6-28(35(37)38)27(15-25)32-20(2)30-16-21-11-22(17-30)13-23(12-21)18-30/h3-6,14-15,20-23,32H,7-13,16-18H2,1-2H3/t20-,21?,22?,23?,30?/m0/s1. The van der Waals surface area contributed by atoms with Gasteiger partial charge in [0.1, 0.15) is 5.69 Å². The Bertz CT molecular complexity index is 1220. The van der Waals surface area contributed by atoms with E-state index in [1.165, 1.54) is 38.5 Å². The second-order valence-corrected chi connectivity index (χ2v) is 12.8. The second-order valence-electron chi connectivity index (χ2n) is 12.3. The molecule has 5 aliphatic rings. The normalized spacial score (nSPS) is 28.9. The van der Waals surface area contributed by atoms with Gasteiger partial charge in [-0.1, -0.05) is 17.7 Å². The highest BCUT2D eigenvalue weighted by Crippen LogP contribution is 2.61. The van der Waals surface area contributed by atoms with Gasteiger partial charge < -0.3 is 15.1 Å². The van der Waals surface area contributed by atoms with Crippen molar-refractivity contribution >= 4 is 34.6 Å². The van der Waals surface area contributed by atoms with Crippen LogP contribution in [0.1, 0.15) is 61.4 Å². The van der Waals surface area contributed by atoms with Crippen molar-refractivity contribution in [1.82, 2.24) is 4.90 Å². The van der Waals surface area contributed by atoms with Crippen LogP contribution in [0.25, 0.3) is 0 Å². The van der Waals surface area contributed by atoms with Crippen molar-refractivity contribution in [2.75, 3.05) is 36.4 Å². The van der Waals surface area contributed by atoms with E-state index in [4.69, 9.17) is 11.6 Å². The van der Waals surface area contributed by atoms with Crippen LogP contribution < -0.4 is 10.2 Å². The average molecular weight is 537 g/mol. The summed E-state index contributed by atoms with van der Waals surface area (Å²) in [7, 11) is 0. The number of carbonyl (C=O) groups is 1. The first kappa shape index (κ1) is 25.5. The molecule has 1 N–H and O–H groups in total. The Morgan fingerprint density at radius 3 is 2.24 bits per heavy atom. The predicted molar refractivity (Wildman–Crippen MR) is 151 cm³/mol. The largest absolute Gasteiger partial charge is 0.376 e. The number of aryl methyl sites for hydroxylation is 1. The highest BCUT2D eigenvalue weighted by atomic mass is 35.5. The fourth-order valence-electron chi connectivity index (χ4n) is 8.17. The predicted octanol–water partition coefficient (Wildman–Crippen LogP) is 6.54. The molecule has 202 valence electrons. The fourth-order valence-corrected chi connectivity index (χ4v) is 8.35. The lowest BCUT2D eigenvalue weighted by Gasteiger charge is -2.59. The molecule has 0 unspecified atom stereocenters. The minimum absolute atomic E-state index is 0.0120. The van der Waals surface area contributed by atoms with E-state index in [1.54, 1.807) is 12.1 Å². The van der Waals surface area contributed by atoms with Crippen LogP contribution in [0.2, 0.25) is 5.02 Å². The number of nitro benzene ring substituents is 1. The fraction of sp³-hybridized carbons (Fsp3) is 0.567. The third-order valence-corrected chi connectivity index (χ3v) is 10.3. The number of rotatable bonds is 6. The molecule has 1 aliphatic heterocycles. The molecule has 2 aromatic rings. The van der Waals surface area contributed by atoms with Crippen molar-refractivity contribution in [1.29, 1.82) is 0 Å². The maximum Gasteiger partial charge on any atom is 0.292 e. The summed E-state index contributed by atoms with van der Waals surface area (Å²) in [6, 6.07) is 11.1. The molecule has 38 heavy (non-hydrogen) atoms. The molecule has 4 aliphatic carbocycles. The van der Waals surface area contributed by atoms with Crippen molar-refractivity contribution in [2.24, 2.45) is 23.2 Å². The van der Waals surface area contributed by atoms with Gasteiger partial charge in [-0.2, -0.15) is 0 Å². The molecule has 4 saturated carbocycles. The lowest BCUT2D eigenvalue weighted by Crippen LogP contribution is -2.53. The molecule has 1 amide bonds. The Morgan fingerprint density at radius 2 is 1.66 bits per heavy atom. The van der Waals surface area contributed by atoms with Crippen molar-refractivity contribution < 1.29 is 9.72 Å². The smallest absolute Gasteiger partial charge is 0.292 e. The highest BCUT2D eigenvalue weighted by Gasteiger charge is 2.53. The van der Waals surface area contributed by atoms with E-state index in [9.17, 15) is 14.9 Å². The zero-order valence-electron chi connectivity index (χ0n) is 22.3. The molecule has 4 bridgehead atoms. The van der Waals surface area contributed by atoms with Crippen LogP contribution in [0.3, 0.4) is 0 Å². The minimum Gasteiger partial charge on any atom is -0.376 e. The Kier molecular flexibility index (Phi) is 6.53. The number of nitrogens with one attached hydrogen (secondary N) is 1. The summed E-state index contributed by atoms with van der Waals surface area (Å²) in [6.45, 7) is 6.69. The zero-order valence-corrected chi connectivity index (χ0v) is 23.0. The number of amides is 1. The van der Waals surface area contributed by atoms with Gasteiger partial charge in [-0.25, -0.2) is 0 Å². The SMILES string of the molecule is Cc1ccc(C(=O)N2CCN(c3ccc([N+](=O)[O-])c(N[C@@H](C)C45CC6CC(CC(C6)C4)C5)c3)CC2)cc1Cl. The highest BCUT2D eigenvalue weighted by molar-refractivity contribution is 6.31. The Labute approximate surface area is 229 Å². The summed E-state index contributed by atoms with van der Waals surface area (Å²) in [5, 5.41) is 16.2. The van der Waals surface area contributed by atoms with Crippen LogP contribution in [-0.4, -0.2) is 48.0 Å². The average Bonchev–Trinajstić information content (AvgIpc) is 2.89. The number of halogens is 1. The Hall–Kier alpha value is -2.80. The maximum absolute atomic E-state index is 13.0. The van der Waals surface area contributed by atoms with Crippen LogP contribution in [0.15, 0.2) is 36.4 Å². The lowest BCUT2D eigenvalue weighted by atomic mass is 9.48. The molecule has 7 nitrogen and oxygen atoms in total. The van der Waals surface area contributed by atoms with Crippen LogP contribution in [0.5, 0.6) is 0 Å². The molecule has 8 heteroatoms. The summed E-state index contributed by atoms with van der Waals surface area (Å²) in [5.74, 6) is 2.49. The van der Waals surface area contributed by atoms with Crippen molar-refractivity contribution in [2.45, 2.75) is 58.4 Å². The number of anilines is 2. The number of nitrogens with zero attached hydrogens (tertiary/aromatic N) is 3. The quantitative estimate of drug-likeness (QED) is 0.335. The molecular weight excluding hydrogens is 500 g/mol. The van der Waals surface area contributed by atoms with E-state index in [-0.39, 0.29) is 28.0 Å². The minimum atomic E-state index is -0.276. The Morgan fingerprint density at radius 1 is 1.03 bits per heavy atom. The number of nitro groups is 1. The van der Waals surface area contributed by atoms with Crippen LogP contribution in [0.4, 0.5) is 17.1 Å². The van der Waals surface area contributed by atoms with E-state index >= 15 is 0 Å². The van der Waals surface area contributed by atoms with Gasteiger partial charge in [0.25, 0.3) is 11.6 Å². The van der Waals surface area contributed by atoms with E-state index < -0.39 is 0 Å². The van der Waals surface area contributed by atoms with Crippen LogP contribution in [-0.2, 0) is 0 Å². The van der Waals surface area contributed by atoms with Crippen molar-refractivity contribution in [3.8, 4) is 0 Å². The first-order valence-electron chi connectivity index (χ1n) is 14.1. The van der Waals surface area contributed by atoms with E-state index in [0.717, 1.165) is 29.0 Å².